The van der Waals surface area contributed by atoms with Crippen LogP contribution in [0.25, 0.3) is 0 Å². The molecule has 0 aromatic carbocycles. The van der Waals surface area contributed by atoms with Crippen LogP contribution in [0.15, 0.2) is 5.38 Å². The second-order valence-corrected chi connectivity index (χ2v) is 6.70. The Kier molecular flexibility index (Phi) is 6.45. The maximum absolute atomic E-state index is 11.6. The molecule has 1 aromatic heterocycles. The molecule has 1 saturated carbocycles. The number of hydrogen-bond donors (Lipinski definition) is 2. The van der Waals surface area contributed by atoms with Gasteiger partial charge in [0.15, 0.2) is 0 Å². The van der Waals surface area contributed by atoms with Gasteiger partial charge < -0.3 is 15.4 Å². The number of nitrogens with one attached hydrogen (secondary N) is 2. The summed E-state index contributed by atoms with van der Waals surface area (Å²) < 4.78 is 5.86. The molecule has 2 N–H and O–H groups in total. The van der Waals surface area contributed by atoms with E-state index in [0.29, 0.717) is 31.7 Å². The van der Waals surface area contributed by atoms with E-state index in [4.69, 9.17) is 4.74 Å². The van der Waals surface area contributed by atoms with E-state index in [2.05, 4.69) is 22.5 Å². The highest BCUT2D eigenvalue weighted by Crippen LogP contribution is 2.25. The van der Waals surface area contributed by atoms with Crippen LogP contribution in [0.1, 0.15) is 43.3 Å². The van der Waals surface area contributed by atoms with Crippen LogP contribution in [0.2, 0.25) is 0 Å². The summed E-state index contributed by atoms with van der Waals surface area (Å²) in [5.41, 5.74) is 0.903. The fourth-order valence-electron chi connectivity index (χ4n) is 2.63. The van der Waals surface area contributed by atoms with Crippen molar-refractivity contribution in [2.75, 3.05) is 13.2 Å². The third-order valence-corrected chi connectivity index (χ3v) is 4.67. The monoisotopic (exact) mass is 311 g/mol. The SMILES string of the molecule is Cc1nc(CNC(=O)NCCO[C@@H]2CCCC[C@H]2C)cs1. The fraction of sp³-hybridized carbons (Fsp3) is 0.733. The third kappa shape index (κ3) is 5.63. The zero-order valence-electron chi connectivity index (χ0n) is 12.9. The smallest absolute Gasteiger partial charge is 0.315 e. The first kappa shape index (κ1) is 16.2. The van der Waals surface area contributed by atoms with E-state index in [1.165, 1.54) is 19.3 Å². The molecule has 2 amide bonds. The molecule has 1 aliphatic rings. The molecule has 21 heavy (non-hydrogen) atoms. The van der Waals surface area contributed by atoms with Crippen LogP contribution >= 0.6 is 11.3 Å². The second-order valence-electron chi connectivity index (χ2n) is 5.64. The average Bonchev–Trinajstić information content (AvgIpc) is 2.89. The van der Waals surface area contributed by atoms with Crippen LogP contribution in [0.3, 0.4) is 0 Å². The molecule has 118 valence electrons. The van der Waals surface area contributed by atoms with E-state index < -0.39 is 0 Å². The predicted octanol–water partition coefficient (Wildman–Crippen LogP) is 2.85. The minimum atomic E-state index is -0.166. The number of nitrogens with zero attached hydrogens (tertiary/aromatic N) is 1. The van der Waals surface area contributed by atoms with Gasteiger partial charge in [-0.2, -0.15) is 0 Å². The summed E-state index contributed by atoms with van der Waals surface area (Å²) in [6, 6.07) is -0.166. The van der Waals surface area contributed by atoms with Crippen molar-refractivity contribution in [3.05, 3.63) is 16.1 Å². The van der Waals surface area contributed by atoms with E-state index in [1.807, 2.05) is 12.3 Å². The molecule has 0 radical (unpaired) electrons. The molecular weight excluding hydrogens is 286 g/mol. The van der Waals surface area contributed by atoms with Gasteiger partial charge in [0.05, 0.1) is 30.0 Å². The van der Waals surface area contributed by atoms with Crippen molar-refractivity contribution in [3.8, 4) is 0 Å². The quantitative estimate of drug-likeness (QED) is 0.794. The molecular formula is C15H25N3O2S. The second kappa shape index (κ2) is 8.34. The molecule has 6 heteroatoms. The fourth-order valence-corrected chi connectivity index (χ4v) is 3.24. The van der Waals surface area contributed by atoms with Crippen molar-refractivity contribution in [2.24, 2.45) is 5.92 Å². The molecule has 1 fully saturated rings. The lowest BCUT2D eigenvalue weighted by Gasteiger charge is -2.28. The number of urea groups is 1. The highest BCUT2D eigenvalue weighted by molar-refractivity contribution is 7.09. The third-order valence-electron chi connectivity index (χ3n) is 3.85. The molecule has 0 aliphatic heterocycles. The Morgan fingerprint density at radius 1 is 1.43 bits per heavy atom. The first-order valence-electron chi connectivity index (χ1n) is 7.69. The number of amides is 2. The highest BCUT2D eigenvalue weighted by Gasteiger charge is 2.21. The van der Waals surface area contributed by atoms with Crippen molar-refractivity contribution in [3.63, 3.8) is 0 Å². The number of ether oxygens (including phenoxy) is 1. The zero-order valence-corrected chi connectivity index (χ0v) is 13.7. The van der Waals surface area contributed by atoms with Crippen molar-refractivity contribution >= 4 is 17.4 Å². The van der Waals surface area contributed by atoms with Crippen molar-refractivity contribution < 1.29 is 9.53 Å². The van der Waals surface area contributed by atoms with E-state index in [1.54, 1.807) is 11.3 Å². The molecule has 2 rings (SSSR count). The molecule has 5 nitrogen and oxygen atoms in total. The van der Waals surface area contributed by atoms with Gasteiger partial charge in [0, 0.05) is 11.9 Å². The first-order valence-corrected chi connectivity index (χ1v) is 8.57. The Balaban J connectivity index is 1.54. The van der Waals surface area contributed by atoms with Crippen LogP contribution in [0.4, 0.5) is 4.79 Å². The van der Waals surface area contributed by atoms with Gasteiger partial charge in [-0.05, 0) is 25.7 Å². The summed E-state index contributed by atoms with van der Waals surface area (Å²) in [5, 5.41) is 8.59. The van der Waals surface area contributed by atoms with Crippen LogP contribution in [0.5, 0.6) is 0 Å². The largest absolute Gasteiger partial charge is 0.376 e. The summed E-state index contributed by atoms with van der Waals surface area (Å²) in [6.45, 7) is 5.80. The molecule has 1 aromatic rings. The molecule has 0 bridgehead atoms. The van der Waals surface area contributed by atoms with Crippen molar-refractivity contribution in [1.82, 2.24) is 15.6 Å². The Labute approximate surface area is 130 Å². The normalized spacial score (nSPS) is 22.0. The van der Waals surface area contributed by atoms with E-state index in [-0.39, 0.29) is 6.03 Å². The number of carbonyl (C=O) groups is 1. The van der Waals surface area contributed by atoms with Gasteiger partial charge >= 0.3 is 6.03 Å². The van der Waals surface area contributed by atoms with E-state index in [9.17, 15) is 4.79 Å². The molecule has 1 aliphatic carbocycles. The van der Waals surface area contributed by atoms with Crippen LogP contribution in [-0.2, 0) is 11.3 Å². The Bertz CT molecular complexity index is 450. The number of hydrogen-bond acceptors (Lipinski definition) is 4. The molecule has 2 atom stereocenters. The minimum Gasteiger partial charge on any atom is -0.376 e. The topological polar surface area (TPSA) is 63.2 Å². The van der Waals surface area contributed by atoms with Gasteiger partial charge in [-0.3, -0.25) is 0 Å². The molecule has 0 saturated heterocycles. The van der Waals surface area contributed by atoms with Gasteiger partial charge in [0.1, 0.15) is 0 Å². The van der Waals surface area contributed by atoms with Crippen LogP contribution in [-0.4, -0.2) is 30.3 Å². The Hall–Kier alpha value is -1.14. The van der Waals surface area contributed by atoms with Gasteiger partial charge in [-0.15, -0.1) is 11.3 Å². The zero-order chi connectivity index (χ0) is 15.1. The lowest BCUT2D eigenvalue weighted by atomic mass is 9.88. The van der Waals surface area contributed by atoms with Gasteiger partial charge in [-0.25, -0.2) is 9.78 Å². The Morgan fingerprint density at radius 2 is 2.24 bits per heavy atom. The van der Waals surface area contributed by atoms with Gasteiger partial charge in [-0.1, -0.05) is 19.8 Å². The predicted molar refractivity (Wildman–Crippen MR) is 84.5 cm³/mol. The van der Waals surface area contributed by atoms with Crippen molar-refractivity contribution in [1.29, 1.82) is 0 Å². The van der Waals surface area contributed by atoms with Crippen LogP contribution in [0, 0.1) is 12.8 Å². The number of thiazole rings is 1. The number of rotatable bonds is 6. The van der Waals surface area contributed by atoms with Gasteiger partial charge in [0.2, 0.25) is 0 Å². The molecule has 1 heterocycles. The van der Waals surface area contributed by atoms with E-state index >= 15 is 0 Å². The standard InChI is InChI=1S/C15H25N3O2S/c1-11-5-3-4-6-14(11)20-8-7-16-15(19)17-9-13-10-21-12(2)18-13/h10-11,14H,3-9H2,1-2H3,(H2,16,17,19)/t11-,14-/m1/s1. The summed E-state index contributed by atoms with van der Waals surface area (Å²) in [7, 11) is 0. The summed E-state index contributed by atoms with van der Waals surface area (Å²) in [5.74, 6) is 0.639. The first-order chi connectivity index (χ1) is 10.1. The molecule has 0 spiro atoms. The Morgan fingerprint density at radius 3 is 2.95 bits per heavy atom. The maximum Gasteiger partial charge on any atom is 0.315 e. The summed E-state index contributed by atoms with van der Waals surface area (Å²) >= 11 is 1.59. The van der Waals surface area contributed by atoms with Crippen molar-refractivity contribution in [2.45, 2.75) is 52.2 Å². The summed E-state index contributed by atoms with van der Waals surface area (Å²) in [6.07, 6.45) is 5.34. The maximum atomic E-state index is 11.6. The summed E-state index contributed by atoms with van der Waals surface area (Å²) in [4.78, 5) is 15.9. The molecule has 0 unspecified atom stereocenters. The van der Waals surface area contributed by atoms with E-state index in [0.717, 1.165) is 17.1 Å². The minimum absolute atomic E-state index is 0.166. The lowest BCUT2D eigenvalue weighted by molar-refractivity contribution is -0.00243. The number of aryl methyl sites for hydroxylation is 1. The highest BCUT2D eigenvalue weighted by atomic mass is 32.1. The number of aromatic nitrogens is 1. The van der Waals surface area contributed by atoms with Gasteiger partial charge in [0.25, 0.3) is 0 Å². The average molecular weight is 311 g/mol. The number of carbonyl (C=O) groups excluding carboxylic acids is 1. The van der Waals surface area contributed by atoms with Crippen LogP contribution < -0.4 is 10.6 Å². The lowest BCUT2D eigenvalue weighted by Crippen LogP contribution is -2.38.